The summed E-state index contributed by atoms with van der Waals surface area (Å²) in [5.74, 6) is 0.488. The molecule has 98 valence electrons. The van der Waals surface area contributed by atoms with Crippen LogP contribution in [0.1, 0.15) is 32.1 Å². The average molecular weight is 240 g/mol. The molecule has 2 heterocycles. The first kappa shape index (κ1) is 11.9. The smallest absolute Gasteiger partial charge is 0.170 e. The highest BCUT2D eigenvalue weighted by Gasteiger charge is 2.42. The Bertz CT molecular complexity index is 256. The quantitative estimate of drug-likeness (QED) is 0.781. The van der Waals surface area contributed by atoms with E-state index in [9.17, 15) is 0 Å². The van der Waals surface area contributed by atoms with Crippen LogP contribution in [0.5, 0.6) is 0 Å². The van der Waals surface area contributed by atoms with Crippen molar-refractivity contribution in [1.29, 1.82) is 0 Å². The fourth-order valence-corrected chi connectivity index (χ4v) is 3.75. The fraction of sp³-hybridized carbons (Fsp3) is 1.00. The van der Waals surface area contributed by atoms with E-state index in [-0.39, 0.29) is 5.79 Å². The number of hydrogen-bond donors (Lipinski definition) is 1. The van der Waals surface area contributed by atoms with Gasteiger partial charge in [-0.15, -0.1) is 0 Å². The molecule has 3 aliphatic rings. The highest BCUT2D eigenvalue weighted by Crippen LogP contribution is 2.36. The predicted octanol–water partition coefficient (Wildman–Crippen LogP) is 0.953. The zero-order valence-electron chi connectivity index (χ0n) is 10.6. The summed E-state index contributed by atoms with van der Waals surface area (Å²) >= 11 is 0. The van der Waals surface area contributed by atoms with Crippen LogP contribution in [0.3, 0.4) is 0 Å². The minimum atomic E-state index is -0.229. The molecule has 0 radical (unpaired) electrons. The first-order valence-electron chi connectivity index (χ1n) is 7.05. The third-order valence-corrected chi connectivity index (χ3v) is 4.76. The van der Waals surface area contributed by atoms with Gasteiger partial charge in [0.15, 0.2) is 5.79 Å². The molecule has 0 bridgehead atoms. The summed E-state index contributed by atoms with van der Waals surface area (Å²) in [6, 6.07) is 0.721. The van der Waals surface area contributed by atoms with Gasteiger partial charge in [-0.3, -0.25) is 4.90 Å². The maximum Gasteiger partial charge on any atom is 0.170 e. The minimum Gasteiger partial charge on any atom is -0.347 e. The monoisotopic (exact) mass is 240 g/mol. The van der Waals surface area contributed by atoms with E-state index in [2.05, 4.69) is 4.90 Å². The number of nitrogens with two attached hydrogens (primary N) is 1. The van der Waals surface area contributed by atoms with Gasteiger partial charge in [0.05, 0.1) is 13.2 Å². The molecule has 2 aliphatic heterocycles. The second-order valence-electron chi connectivity index (χ2n) is 5.64. The maximum atomic E-state index is 5.87. The van der Waals surface area contributed by atoms with Gasteiger partial charge in [0, 0.05) is 32.0 Å². The third-order valence-electron chi connectivity index (χ3n) is 4.76. The van der Waals surface area contributed by atoms with E-state index < -0.39 is 0 Å². The Labute approximate surface area is 103 Å². The van der Waals surface area contributed by atoms with Gasteiger partial charge < -0.3 is 15.2 Å². The summed E-state index contributed by atoms with van der Waals surface area (Å²) in [7, 11) is 0. The molecular weight excluding hydrogens is 216 g/mol. The van der Waals surface area contributed by atoms with Gasteiger partial charge in [-0.05, 0) is 25.3 Å². The van der Waals surface area contributed by atoms with Crippen molar-refractivity contribution >= 4 is 0 Å². The largest absolute Gasteiger partial charge is 0.347 e. The standard InChI is InChI=1S/C13H24N2O2/c14-10-11-2-1-3-12(11)15-6-4-13(5-7-15)16-8-9-17-13/h11-12H,1-10,14H2. The number of nitrogens with zero attached hydrogens (tertiary/aromatic N) is 1. The molecule has 1 saturated carbocycles. The van der Waals surface area contributed by atoms with Gasteiger partial charge in [-0.1, -0.05) is 6.42 Å². The van der Waals surface area contributed by atoms with Crippen LogP contribution >= 0.6 is 0 Å². The van der Waals surface area contributed by atoms with E-state index in [0.29, 0.717) is 0 Å². The maximum absolute atomic E-state index is 5.87. The van der Waals surface area contributed by atoms with E-state index >= 15 is 0 Å². The SMILES string of the molecule is NCC1CCCC1N1CCC2(CC1)OCCO2. The number of piperidine rings is 1. The molecule has 4 nitrogen and oxygen atoms in total. The van der Waals surface area contributed by atoms with E-state index in [0.717, 1.165) is 57.6 Å². The molecule has 0 amide bonds. The van der Waals surface area contributed by atoms with Crippen molar-refractivity contribution in [3.63, 3.8) is 0 Å². The van der Waals surface area contributed by atoms with E-state index in [1.165, 1.54) is 19.3 Å². The molecule has 3 fully saturated rings. The zero-order chi connectivity index (χ0) is 11.7. The minimum absolute atomic E-state index is 0.229. The Balaban J connectivity index is 1.57. The van der Waals surface area contributed by atoms with Crippen LogP contribution in [0.4, 0.5) is 0 Å². The van der Waals surface area contributed by atoms with Gasteiger partial charge in [-0.25, -0.2) is 0 Å². The number of hydrogen-bond acceptors (Lipinski definition) is 4. The highest BCUT2D eigenvalue weighted by molar-refractivity contribution is 4.91. The molecular formula is C13H24N2O2. The Kier molecular flexibility index (Phi) is 3.39. The average Bonchev–Trinajstić information content (AvgIpc) is 3.00. The van der Waals surface area contributed by atoms with Gasteiger partial charge >= 0.3 is 0 Å². The molecule has 3 rings (SSSR count). The van der Waals surface area contributed by atoms with Crippen LogP contribution in [0.25, 0.3) is 0 Å². The van der Waals surface area contributed by atoms with Crippen molar-refractivity contribution in [3.05, 3.63) is 0 Å². The second kappa shape index (κ2) is 4.84. The second-order valence-corrected chi connectivity index (χ2v) is 5.64. The van der Waals surface area contributed by atoms with Crippen molar-refractivity contribution in [3.8, 4) is 0 Å². The molecule has 0 aromatic carbocycles. The number of likely N-dealkylation sites (tertiary alicyclic amines) is 1. The van der Waals surface area contributed by atoms with Crippen LogP contribution < -0.4 is 5.73 Å². The van der Waals surface area contributed by atoms with Crippen molar-refractivity contribution in [1.82, 2.24) is 4.90 Å². The first-order chi connectivity index (χ1) is 8.33. The zero-order valence-corrected chi connectivity index (χ0v) is 10.6. The van der Waals surface area contributed by atoms with Gasteiger partial charge in [0.2, 0.25) is 0 Å². The summed E-state index contributed by atoms with van der Waals surface area (Å²) in [4.78, 5) is 2.63. The Morgan fingerprint density at radius 1 is 1.12 bits per heavy atom. The molecule has 17 heavy (non-hydrogen) atoms. The normalized spacial score (nSPS) is 37.9. The Morgan fingerprint density at radius 2 is 1.82 bits per heavy atom. The van der Waals surface area contributed by atoms with E-state index in [1.54, 1.807) is 0 Å². The van der Waals surface area contributed by atoms with Crippen LogP contribution in [0.15, 0.2) is 0 Å². The summed E-state index contributed by atoms with van der Waals surface area (Å²) in [6.07, 6.45) is 6.05. The molecule has 2 unspecified atom stereocenters. The first-order valence-corrected chi connectivity index (χ1v) is 7.05. The number of rotatable bonds is 2. The van der Waals surface area contributed by atoms with E-state index in [4.69, 9.17) is 15.2 Å². The van der Waals surface area contributed by atoms with Gasteiger partial charge in [0.25, 0.3) is 0 Å². The van der Waals surface area contributed by atoms with Gasteiger partial charge in [0.1, 0.15) is 0 Å². The lowest BCUT2D eigenvalue weighted by Gasteiger charge is -2.41. The number of ether oxygens (including phenoxy) is 2. The van der Waals surface area contributed by atoms with Crippen LogP contribution in [0, 0.1) is 5.92 Å². The van der Waals surface area contributed by atoms with Crippen LogP contribution in [-0.4, -0.2) is 49.6 Å². The highest BCUT2D eigenvalue weighted by atomic mass is 16.7. The lowest BCUT2D eigenvalue weighted by atomic mass is 9.97. The van der Waals surface area contributed by atoms with Crippen LogP contribution in [0.2, 0.25) is 0 Å². The molecule has 0 aromatic heterocycles. The summed E-state index contributed by atoms with van der Waals surface area (Å²) in [5.41, 5.74) is 5.87. The Hall–Kier alpha value is -0.160. The Morgan fingerprint density at radius 3 is 2.47 bits per heavy atom. The summed E-state index contributed by atoms with van der Waals surface area (Å²) in [5, 5.41) is 0. The molecule has 1 spiro atoms. The predicted molar refractivity (Wildman–Crippen MR) is 65.6 cm³/mol. The van der Waals surface area contributed by atoms with Crippen molar-refractivity contribution in [2.24, 2.45) is 11.7 Å². The molecule has 2 N–H and O–H groups in total. The summed E-state index contributed by atoms with van der Waals surface area (Å²) in [6.45, 7) is 4.62. The van der Waals surface area contributed by atoms with Crippen molar-refractivity contribution in [2.45, 2.75) is 43.9 Å². The lowest BCUT2D eigenvalue weighted by molar-refractivity contribution is -0.188. The fourth-order valence-electron chi connectivity index (χ4n) is 3.75. The molecule has 0 aromatic rings. The topological polar surface area (TPSA) is 47.7 Å². The van der Waals surface area contributed by atoms with Crippen LogP contribution in [-0.2, 0) is 9.47 Å². The van der Waals surface area contributed by atoms with E-state index in [1.807, 2.05) is 0 Å². The van der Waals surface area contributed by atoms with Crippen molar-refractivity contribution in [2.75, 3.05) is 32.8 Å². The van der Waals surface area contributed by atoms with Gasteiger partial charge in [-0.2, -0.15) is 0 Å². The third kappa shape index (κ3) is 2.24. The molecule has 2 saturated heterocycles. The lowest BCUT2D eigenvalue weighted by Crippen LogP contribution is -2.50. The van der Waals surface area contributed by atoms with Crippen molar-refractivity contribution < 1.29 is 9.47 Å². The molecule has 2 atom stereocenters. The summed E-state index contributed by atoms with van der Waals surface area (Å²) < 4.78 is 11.5. The molecule has 4 heteroatoms. The molecule has 1 aliphatic carbocycles.